The van der Waals surface area contributed by atoms with E-state index in [9.17, 15) is 9.59 Å². The van der Waals surface area contributed by atoms with Crippen LogP contribution in [0.3, 0.4) is 0 Å². The summed E-state index contributed by atoms with van der Waals surface area (Å²) in [5, 5.41) is 11.3. The first kappa shape index (κ1) is 32.0. The van der Waals surface area contributed by atoms with Crippen LogP contribution in [0.1, 0.15) is 111 Å². The first-order chi connectivity index (χ1) is 18.3. The lowest BCUT2D eigenvalue weighted by Gasteiger charge is -2.43. The van der Waals surface area contributed by atoms with Gasteiger partial charge in [-0.2, -0.15) is 0 Å². The average molecular weight is 539 g/mol. The van der Waals surface area contributed by atoms with Crippen molar-refractivity contribution in [3.05, 3.63) is 60.7 Å². The minimum atomic E-state index is -2.43. The number of carboxylic acids is 1. The first-order valence-electron chi connectivity index (χ1n) is 14.8. The van der Waals surface area contributed by atoms with Crippen LogP contribution in [0.25, 0.3) is 0 Å². The van der Waals surface area contributed by atoms with Gasteiger partial charge in [0.2, 0.25) is 0 Å². The van der Waals surface area contributed by atoms with E-state index >= 15 is 0 Å². The summed E-state index contributed by atoms with van der Waals surface area (Å²) < 4.78 is 6.97. The number of hydrogen-bond acceptors (Lipinski definition) is 3. The quantitative estimate of drug-likeness (QED) is 0.139. The third kappa shape index (κ3) is 10.9. The second-order valence-electron chi connectivity index (χ2n) is 11.6. The highest BCUT2D eigenvalue weighted by atomic mass is 28.4. The maximum absolute atomic E-state index is 12.1. The molecule has 2 rings (SSSR count). The molecular formula is C33H50O4Si. The fourth-order valence-electron chi connectivity index (χ4n) is 5.37. The van der Waals surface area contributed by atoms with Crippen LogP contribution in [0.15, 0.2) is 60.7 Å². The van der Waals surface area contributed by atoms with Crippen LogP contribution in [0.4, 0.5) is 0 Å². The number of unbranched alkanes of at least 4 members (excludes halogenated alkanes) is 9. The molecule has 2 aromatic rings. The number of benzene rings is 2. The van der Waals surface area contributed by atoms with E-state index in [0.29, 0.717) is 18.6 Å². The summed E-state index contributed by atoms with van der Waals surface area (Å²) >= 11 is 0. The standard InChI is InChI=1S/C33H50O4Si/c1-33(2,3)38(30-23-15-11-16-24-30,31-25-17-12-18-26-31)37-28-20-10-5-4-7-13-21-29(34)22-14-8-6-9-19-27-32(35)36/h11-12,15-18,23-26H,4-10,13-14,19-22,27-28H2,1-3H3,(H,35,36). The van der Waals surface area contributed by atoms with Gasteiger partial charge in [-0.25, -0.2) is 0 Å². The summed E-state index contributed by atoms with van der Waals surface area (Å²) in [7, 11) is -2.43. The van der Waals surface area contributed by atoms with Crippen molar-refractivity contribution in [2.24, 2.45) is 0 Å². The summed E-state index contributed by atoms with van der Waals surface area (Å²) in [5.41, 5.74) is 0. The van der Waals surface area contributed by atoms with Crippen LogP contribution in [0, 0.1) is 0 Å². The van der Waals surface area contributed by atoms with Crippen LogP contribution in [-0.2, 0) is 14.0 Å². The molecule has 0 radical (unpaired) electrons. The largest absolute Gasteiger partial charge is 0.481 e. The molecule has 0 aliphatic carbocycles. The Bertz CT molecular complexity index is 882. The third-order valence-corrected chi connectivity index (χ3v) is 12.5. The van der Waals surface area contributed by atoms with E-state index in [-0.39, 0.29) is 11.5 Å². The fourth-order valence-corrected chi connectivity index (χ4v) is 9.98. The van der Waals surface area contributed by atoms with Gasteiger partial charge in [-0.1, -0.05) is 126 Å². The van der Waals surface area contributed by atoms with Gasteiger partial charge in [-0.05, 0) is 41.1 Å². The zero-order chi connectivity index (χ0) is 27.7. The molecular weight excluding hydrogens is 488 g/mol. The summed E-state index contributed by atoms with van der Waals surface area (Å²) in [6.45, 7) is 7.75. The Morgan fingerprint density at radius 1 is 0.632 bits per heavy atom. The van der Waals surface area contributed by atoms with Gasteiger partial charge in [0.1, 0.15) is 5.78 Å². The highest BCUT2D eigenvalue weighted by molar-refractivity contribution is 6.99. The number of aliphatic carboxylic acids is 1. The van der Waals surface area contributed by atoms with E-state index in [1.54, 1.807) is 0 Å². The predicted octanol–water partition coefficient (Wildman–Crippen LogP) is 7.68. The topological polar surface area (TPSA) is 63.6 Å². The van der Waals surface area contributed by atoms with Crippen LogP contribution in [0.5, 0.6) is 0 Å². The van der Waals surface area contributed by atoms with Crippen LogP contribution in [-0.4, -0.2) is 31.8 Å². The van der Waals surface area contributed by atoms with Gasteiger partial charge in [0.15, 0.2) is 0 Å². The molecule has 0 aliphatic heterocycles. The van der Waals surface area contributed by atoms with Crippen molar-refractivity contribution >= 4 is 30.4 Å². The molecule has 0 saturated carbocycles. The lowest BCUT2D eigenvalue weighted by atomic mass is 10.0. The number of rotatable bonds is 20. The Balaban J connectivity index is 1.66. The summed E-state index contributed by atoms with van der Waals surface area (Å²) in [6.07, 6.45) is 13.0. The highest BCUT2D eigenvalue weighted by Crippen LogP contribution is 2.36. The zero-order valence-corrected chi connectivity index (χ0v) is 25.1. The Hall–Kier alpha value is -2.24. The molecule has 0 aromatic heterocycles. The molecule has 2 aromatic carbocycles. The number of hydrogen-bond donors (Lipinski definition) is 1. The molecule has 0 saturated heterocycles. The van der Waals surface area contributed by atoms with E-state index in [2.05, 4.69) is 81.4 Å². The Kier molecular flexibility index (Phi) is 14.6. The van der Waals surface area contributed by atoms with E-state index in [4.69, 9.17) is 9.53 Å². The van der Waals surface area contributed by atoms with E-state index < -0.39 is 14.3 Å². The van der Waals surface area contributed by atoms with Crippen molar-refractivity contribution in [3.63, 3.8) is 0 Å². The second-order valence-corrected chi connectivity index (χ2v) is 15.9. The van der Waals surface area contributed by atoms with E-state index in [1.807, 2.05) is 0 Å². The molecule has 0 heterocycles. The minimum absolute atomic E-state index is 0.0165. The molecule has 0 amide bonds. The molecule has 1 N–H and O–H groups in total. The van der Waals surface area contributed by atoms with E-state index in [1.165, 1.54) is 23.2 Å². The SMILES string of the molecule is CC(C)(C)[Si](OCCCCCCCCC(=O)CCCCCCCC(=O)O)(c1ccccc1)c1ccccc1. The summed E-state index contributed by atoms with van der Waals surface area (Å²) in [6, 6.07) is 21.7. The smallest absolute Gasteiger partial charge is 0.303 e. The van der Waals surface area contributed by atoms with Gasteiger partial charge in [0.05, 0.1) is 0 Å². The Morgan fingerprint density at radius 3 is 1.45 bits per heavy atom. The lowest BCUT2D eigenvalue weighted by Crippen LogP contribution is -2.66. The first-order valence-corrected chi connectivity index (χ1v) is 16.7. The van der Waals surface area contributed by atoms with Crippen molar-refractivity contribution in [2.75, 3.05) is 6.61 Å². The zero-order valence-electron chi connectivity index (χ0n) is 24.1. The number of carbonyl (C=O) groups is 2. The maximum atomic E-state index is 12.1. The molecule has 4 nitrogen and oxygen atoms in total. The summed E-state index contributed by atoms with van der Waals surface area (Å²) in [4.78, 5) is 22.6. The van der Waals surface area contributed by atoms with E-state index in [0.717, 1.165) is 64.4 Å². The molecule has 0 unspecified atom stereocenters. The molecule has 210 valence electrons. The average Bonchev–Trinajstić information content (AvgIpc) is 2.89. The normalized spacial score (nSPS) is 12.0. The number of carbonyl (C=O) groups excluding carboxylic acids is 1. The molecule has 0 aliphatic rings. The predicted molar refractivity (Wildman–Crippen MR) is 161 cm³/mol. The second kappa shape index (κ2) is 17.4. The van der Waals surface area contributed by atoms with Crippen molar-refractivity contribution in [3.8, 4) is 0 Å². The van der Waals surface area contributed by atoms with Gasteiger partial charge >= 0.3 is 5.97 Å². The van der Waals surface area contributed by atoms with Gasteiger partial charge in [0.25, 0.3) is 8.32 Å². The van der Waals surface area contributed by atoms with Crippen molar-refractivity contribution in [1.29, 1.82) is 0 Å². The number of ketones is 1. The van der Waals surface area contributed by atoms with Gasteiger partial charge in [-0.15, -0.1) is 0 Å². The third-order valence-electron chi connectivity index (χ3n) is 7.43. The maximum Gasteiger partial charge on any atom is 0.303 e. The van der Waals surface area contributed by atoms with Gasteiger partial charge in [0, 0.05) is 25.9 Å². The Morgan fingerprint density at radius 2 is 1.03 bits per heavy atom. The minimum Gasteiger partial charge on any atom is -0.481 e. The van der Waals surface area contributed by atoms with Crippen molar-refractivity contribution in [2.45, 2.75) is 116 Å². The highest BCUT2D eigenvalue weighted by Gasteiger charge is 2.49. The van der Waals surface area contributed by atoms with Gasteiger partial charge < -0.3 is 9.53 Å². The lowest BCUT2D eigenvalue weighted by molar-refractivity contribution is -0.137. The molecule has 0 spiro atoms. The van der Waals surface area contributed by atoms with Crippen LogP contribution >= 0.6 is 0 Å². The van der Waals surface area contributed by atoms with Crippen molar-refractivity contribution < 1.29 is 19.1 Å². The molecule has 0 fully saturated rings. The van der Waals surface area contributed by atoms with Gasteiger partial charge in [-0.3, -0.25) is 9.59 Å². The Labute approximate surface area is 232 Å². The van der Waals surface area contributed by atoms with Crippen molar-refractivity contribution in [1.82, 2.24) is 0 Å². The van der Waals surface area contributed by atoms with Crippen LogP contribution in [0.2, 0.25) is 5.04 Å². The molecule has 0 atom stereocenters. The monoisotopic (exact) mass is 538 g/mol. The van der Waals surface area contributed by atoms with Crippen LogP contribution < -0.4 is 10.4 Å². The number of carboxylic acid groups (broad SMARTS) is 1. The molecule has 0 bridgehead atoms. The number of Topliss-reactive ketones (excluding diaryl/α,β-unsaturated/α-hetero) is 1. The molecule has 5 heteroatoms. The fraction of sp³-hybridized carbons (Fsp3) is 0.576. The summed E-state index contributed by atoms with van der Waals surface area (Å²) in [5.74, 6) is -0.335. The molecule has 38 heavy (non-hydrogen) atoms.